The summed E-state index contributed by atoms with van der Waals surface area (Å²) < 4.78 is 723. The van der Waals surface area contributed by atoms with Crippen LogP contribution in [0, 0.1) is 0 Å². The molecule has 0 N–H and O–H groups in total. The fraction of sp³-hybridized carbons (Fsp3) is 0.0435. The fourth-order valence-corrected chi connectivity index (χ4v) is 18.8. The van der Waals surface area contributed by atoms with E-state index in [2.05, 4.69) is 0 Å². The third-order valence-electron chi connectivity index (χ3n) is 25.0. The highest BCUT2D eigenvalue weighted by Crippen LogP contribution is 2.58. The fourth-order valence-electron chi connectivity index (χ4n) is 18.8. The largest absolute Gasteiger partial charge is 0.456 e. The molecule has 660 valence electrons. The quantitative estimate of drug-likeness (QED) is 0.142. The molecule has 25 aromatic carbocycles. The Morgan fingerprint density at radius 2 is 0.482 bits per heavy atom. The molecular formula is C138H90O3. The van der Waals surface area contributed by atoms with E-state index in [9.17, 15) is 42.5 Å². The van der Waals surface area contributed by atoms with Crippen molar-refractivity contribution in [2.45, 2.75) is 38.5 Å². The van der Waals surface area contributed by atoms with E-state index < -0.39 is 729 Å². The number of hydrogen-bond acceptors (Lipinski definition) is 3. The molecule has 0 spiro atoms. The molecule has 3 aromatic heterocycles. The van der Waals surface area contributed by atoms with Gasteiger partial charge in [0.05, 0.1) is 107 Å². The summed E-state index contributed by atoms with van der Waals surface area (Å²) in [5.41, 5.74) is -18.9. The molecule has 0 saturated carbocycles. The average Bonchev–Trinajstić information content (AvgIpc) is 1.54. The first-order chi connectivity index (χ1) is 102. The molecule has 0 bridgehead atoms. The minimum Gasteiger partial charge on any atom is -0.456 e. The van der Waals surface area contributed by atoms with Gasteiger partial charge < -0.3 is 13.3 Å². The van der Waals surface area contributed by atoms with E-state index in [0.717, 1.165) is 0 Å². The number of hydrogen-bond donors (Lipinski definition) is 0. The Balaban J connectivity index is 0.000000145. The highest BCUT2D eigenvalue weighted by Gasteiger charge is 2.39. The highest BCUT2D eigenvalue weighted by molar-refractivity contribution is 6.27. The van der Waals surface area contributed by atoms with Crippen molar-refractivity contribution in [3.8, 4) is 111 Å². The van der Waals surface area contributed by atoms with Crippen molar-refractivity contribution >= 4 is 163 Å². The van der Waals surface area contributed by atoms with Gasteiger partial charge in [0, 0.05) is 48.5 Å². The molecule has 0 atom stereocenters. The van der Waals surface area contributed by atoms with Crippen molar-refractivity contribution < 1.29 is 120 Å². The van der Waals surface area contributed by atoms with Crippen LogP contribution in [0.3, 0.4) is 0 Å². The van der Waals surface area contributed by atoms with Crippen molar-refractivity contribution in [1.29, 1.82) is 0 Å². The Bertz CT molecular complexity index is 15000. The van der Waals surface area contributed by atoms with Crippen LogP contribution in [0.2, 0.25) is 0 Å². The van der Waals surface area contributed by atoms with Crippen molar-refractivity contribution in [3.63, 3.8) is 0 Å². The number of furan rings is 3. The van der Waals surface area contributed by atoms with Crippen LogP contribution in [0.4, 0.5) is 0 Å². The molecule has 141 heavy (non-hydrogen) atoms. The van der Waals surface area contributed by atoms with Gasteiger partial charge in [0.15, 0.2) is 0 Å². The Hall–Kier alpha value is -17.8. The van der Waals surface area contributed by atoms with Gasteiger partial charge in [-0.15, -0.1) is 0 Å². The molecule has 0 aliphatic heterocycles. The minimum atomic E-state index is -1.56. The lowest BCUT2D eigenvalue weighted by molar-refractivity contribution is 0.660. The van der Waals surface area contributed by atoms with Crippen LogP contribution >= 0.6 is 0 Å². The summed E-state index contributed by atoms with van der Waals surface area (Å²) >= 11 is 0. The molecule has 0 fully saturated rings. The second kappa shape index (κ2) is 31.9. The predicted octanol–water partition coefficient (Wildman–Crippen LogP) is 39.1. The van der Waals surface area contributed by atoms with Gasteiger partial charge in [0.2, 0.25) is 0 Å². The monoisotopic (exact) mass is 1870 g/mol. The summed E-state index contributed by atoms with van der Waals surface area (Å²) in [5, 5.41) is -13.4. The van der Waals surface area contributed by atoms with E-state index in [1.54, 1.807) is 0 Å². The normalized spacial score (nSPS) is 20.7. The van der Waals surface area contributed by atoms with Gasteiger partial charge in [-0.1, -0.05) is 439 Å². The summed E-state index contributed by atoms with van der Waals surface area (Å²) in [6, 6.07) is -66.0. The molecule has 2 aliphatic carbocycles. The number of fused-ring (bicyclic) bond motifs is 25. The summed E-state index contributed by atoms with van der Waals surface area (Å²) in [4.78, 5) is 0. The molecule has 2 aliphatic rings. The molecule has 30 rings (SSSR count). The summed E-state index contributed by atoms with van der Waals surface area (Å²) in [7, 11) is 0. The average molecular weight is 1870 g/mol. The van der Waals surface area contributed by atoms with Crippen molar-refractivity contribution in [3.05, 3.63) is 494 Å². The second-order valence-corrected chi connectivity index (χ2v) is 33.3. The third kappa shape index (κ3) is 12.8. The first-order valence-electron chi connectivity index (χ1n) is 81.7. The van der Waals surface area contributed by atoms with E-state index in [-0.39, 0.29) is 49.9 Å². The number of benzene rings is 25. The van der Waals surface area contributed by atoms with Crippen LogP contribution in [0.15, 0.2) is 485 Å². The lowest BCUT2D eigenvalue weighted by Crippen LogP contribution is -2.14. The van der Waals surface area contributed by atoms with Crippen LogP contribution in [0.5, 0.6) is 0 Å². The molecule has 0 saturated heterocycles. The minimum absolute atomic E-state index is 0.0304. The summed E-state index contributed by atoms with van der Waals surface area (Å²) in [5.74, 6) is 0. The van der Waals surface area contributed by atoms with E-state index in [0.29, 0.717) is 0 Å². The zero-order valence-corrected chi connectivity index (χ0v) is 72.2. The standard InChI is InChI=1S/2C51H34O.C36H22O/c1-51(2)43-22-10-9-19-40(43)49-41(21-11-23-44(49)51)48-38-17-7-5-15-36(38)47(37-16-6-8-18-39(37)48)32-27-25-31(26-28-32)35-20-12-24-45-50(35)42-29-33-13-3-4-14-34(33)30-46(42)52-45;1-51(2)44-20-10-9-14-37(44)42-29-35(26-27-45(42)51)49-40-17-7-5-15-38(40)48(39-16-6-8-18-41(39)49)32-24-22-31(23-25-32)36-19-11-21-46-50(36)43-28-33-12-3-4-13-34(33)30-47(43)52-46;1-2-11-24(12-3-1)34-27-14-6-8-16-29(27)35(30-17-9-7-15-28(30)34)25-19-21-33-32(22-25)31-20-18-23-10-4-5-13-26(23)36(31)37-33/h2*3-30H,1-2H3;1-22H/i2*3D,4D,5D,6D,7D,8D,9D,10D,11D,12D,13D,14D,15D,16D,17D,18D,19D,20D,21D,22D,23D,24D,25D,26D,27D,28D,29D,30D;1D,2D,3D,4D,5D,6D,7D,8D,9D,10D,11D,12D,13D,14D,15D,16D,17D,18D,19D,20D,21D,22D. The topological polar surface area (TPSA) is 39.4 Å². The molecule has 0 amide bonds. The lowest BCUT2D eigenvalue weighted by Gasteiger charge is -2.22. The lowest BCUT2D eigenvalue weighted by atomic mass is 9.80. The highest BCUT2D eigenvalue weighted by atomic mass is 16.3. The van der Waals surface area contributed by atoms with Crippen molar-refractivity contribution in [2.75, 3.05) is 0 Å². The number of rotatable bonds is 8. The van der Waals surface area contributed by atoms with Crippen LogP contribution in [0.25, 0.3) is 274 Å². The Labute approximate surface area is 925 Å². The zero-order chi connectivity index (χ0) is 161. The van der Waals surface area contributed by atoms with Gasteiger partial charge in [0.25, 0.3) is 0 Å². The Morgan fingerprint density at radius 3 is 0.965 bits per heavy atom. The van der Waals surface area contributed by atoms with Gasteiger partial charge >= 0.3 is 0 Å². The van der Waals surface area contributed by atoms with Gasteiger partial charge in [-0.3, -0.25) is 0 Å². The van der Waals surface area contributed by atoms with Crippen LogP contribution in [0.1, 0.15) is 157 Å². The maximum atomic E-state index is 9.93. The molecule has 3 nitrogen and oxygen atoms in total. The summed E-state index contributed by atoms with van der Waals surface area (Å²) in [6.07, 6.45) is 0. The molecule has 0 unspecified atom stereocenters. The second-order valence-electron chi connectivity index (χ2n) is 33.3. The van der Waals surface area contributed by atoms with Gasteiger partial charge in [-0.25, -0.2) is 0 Å². The Kier molecular flexibility index (Phi) is 8.00. The van der Waals surface area contributed by atoms with Crippen LogP contribution in [-0.4, -0.2) is 0 Å². The van der Waals surface area contributed by atoms with Gasteiger partial charge in [-0.2, -0.15) is 0 Å². The molecular weight excluding hydrogens is 1710 g/mol. The molecule has 28 aromatic rings. The van der Waals surface area contributed by atoms with Crippen molar-refractivity contribution in [2.24, 2.45) is 0 Å². The van der Waals surface area contributed by atoms with Gasteiger partial charge in [0.1, 0.15) is 33.5 Å². The van der Waals surface area contributed by atoms with E-state index >= 15 is 0 Å². The summed E-state index contributed by atoms with van der Waals surface area (Å²) in [6.45, 7) is 6.07. The zero-order valence-electron chi connectivity index (χ0n) is 150. The van der Waals surface area contributed by atoms with Crippen LogP contribution < -0.4 is 0 Å². The van der Waals surface area contributed by atoms with E-state index in [1.165, 1.54) is 27.7 Å². The molecule has 3 heterocycles. The smallest absolute Gasteiger partial charge is 0.143 e. The van der Waals surface area contributed by atoms with E-state index in [4.69, 9.17) is 77.7 Å². The maximum Gasteiger partial charge on any atom is 0.143 e. The van der Waals surface area contributed by atoms with Crippen LogP contribution in [-0.2, 0) is 10.8 Å². The van der Waals surface area contributed by atoms with Crippen molar-refractivity contribution in [1.82, 2.24) is 0 Å². The molecule has 0 radical (unpaired) electrons. The first-order valence-corrected chi connectivity index (χ1v) is 42.7. The predicted molar refractivity (Wildman–Crippen MR) is 597 cm³/mol. The van der Waals surface area contributed by atoms with E-state index in [1.807, 2.05) is 0 Å². The molecule has 3 heteroatoms. The SMILES string of the molecule is [2H]c1c([2H])c([2H])c(-c2c3c([2H])c([2H])c([2H])c([2H])c3c(-c3c([2H])c([2H])c4oc5c6c([2H])c([2H])c([2H])c([2H])c6c([2H])c([2H])c5c4c3[2H])c3c([2H])c([2H])c([2H])c([2H])c23)c([2H])c1[2H].[2H]c1c([2H])c([2H])c2c(c1[2H])-c1c(-c3c4c([2H])c([2H])c([2H])c([2H])c4c(-c4c([2H])c([2H])c(-c5c([2H])c([2H])c([2H])c6oc7c([2H])c8c([2H])c([2H])c([2H])c([2H])c8c([2H])c7c56)c([2H])c4[2H])c4c([2H])c([2H])c([2H])c([2H])c34)c([2H])c([2H])c([2H])c1C2(C)C.[2H]c1c([2H])c([2H])c2c(c1[2H])-c1c([2H])c(-c3c4c([2H])c([2H])c([2H])c([2H])c4c(-c4c([2H])c([2H])c(-c5c([2H])c([2H])c([2H])c6oc7c([2H])c8c([2H])c([2H])c([2H])c([2H])c8c([2H])c7c56)c([2H])c4[2H])c4c([2H])c([2H])c([2H])c([2H])c34)c([2H])c([2H])c1C2(C)C. The third-order valence-corrected chi connectivity index (χ3v) is 25.0. The van der Waals surface area contributed by atoms with Gasteiger partial charge in [-0.05, 0) is 286 Å². The first kappa shape index (κ1) is 35.4. The maximum absolute atomic E-state index is 9.93. The Morgan fingerprint density at radius 1 is 0.156 bits per heavy atom.